The molecule has 8 heteroatoms. The summed E-state index contributed by atoms with van der Waals surface area (Å²) in [5, 5.41) is 2.61. The van der Waals surface area contributed by atoms with E-state index in [1.807, 2.05) is 0 Å². The molecular weight excluding hydrogens is 388 g/mol. The van der Waals surface area contributed by atoms with Gasteiger partial charge in [0.05, 0.1) is 5.56 Å². The summed E-state index contributed by atoms with van der Waals surface area (Å²) in [6.45, 7) is -0.0819. The molecule has 2 aromatic carbocycles. The maximum Gasteiger partial charge on any atom is 0.416 e. The van der Waals surface area contributed by atoms with Gasteiger partial charge in [-0.05, 0) is 35.9 Å². The minimum atomic E-state index is -4.41. The Hall–Kier alpha value is -3.42. The van der Waals surface area contributed by atoms with Crippen LogP contribution >= 0.6 is 0 Å². The number of rotatable bonds is 6. The summed E-state index contributed by atoms with van der Waals surface area (Å²) in [5.41, 5.74) is 0.192. The number of ether oxygens (including phenoxy) is 1. The molecule has 1 heterocycles. The second-order valence-electron chi connectivity index (χ2n) is 6.11. The first-order chi connectivity index (χ1) is 13.8. The molecule has 0 radical (unpaired) electrons. The van der Waals surface area contributed by atoms with Crippen LogP contribution in [0.5, 0.6) is 5.88 Å². The molecule has 1 N–H and O–H groups in total. The van der Waals surface area contributed by atoms with Gasteiger partial charge in [-0.2, -0.15) is 13.2 Å². The van der Waals surface area contributed by atoms with Crippen LogP contribution in [-0.4, -0.2) is 10.9 Å². The number of hydrogen-bond acceptors (Lipinski definition) is 3. The highest BCUT2D eigenvalue weighted by Crippen LogP contribution is 2.29. The molecule has 1 aromatic heterocycles. The summed E-state index contributed by atoms with van der Waals surface area (Å²) in [6.07, 6.45) is -2.98. The third-order valence-corrected chi connectivity index (χ3v) is 4.07. The first kappa shape index (κ1) is 20.3. The predicted molar refractivity (Wildman–Crippen MR) is 97.6 cm³/mol. The first-order valence-electron chi connectivity index (χ1n) is 8.60. The molecule has 0 unspecified atom stereocenters. The number of nitrogens with zero attached hydrogens (tertiary/aromatic N) is 1. The highest BCUT2D eigenvalue weighted by molar-refractivity contribution is 5.96. The van der Waals surface area contributed by atoms with Crippen LogP contribution in [-0.2, 0) is 19.3 Å². The van der Waals surface area contributed by atoms with Gasteiger partial charge in [0.15, 0.2) is 0 Å². The molecule has 1 amide bonds. The molecule has 0 saturated carbocycles. The Labute approximate surface area is 164 Å². The standard InChI is InChI=1S/C21H16F4N2O2/c22-18-6-2-1-4-15(18)13-29-20-17(5-3-11-26-20)19(28)27-12-14-7-9-16(10-8-14)21(23,24)25/h1-11H,12-13H2,(H,27,28). The van der Waals surface area contributed by atoms with Crippen LogP contribution in [0, 0.1) is 5.82 Å². The van der Waals surface area contributed by atoms with Crippen molar-refractivity contribution < 1.29 is 27.1 Å². The van der Waals surface area contributed by atoms with Crippen LogP contribution in [0.15, 0.2) is 66.9 Å². The van der Waals surface area contributed by atoms with E-state index in [4.69, 9.17) is 4.74 Å². The van der Waals surface area contributed by atoms with Crippen molar-refractivity contribution in [3.63, 3.8) is 0 Å². The number of alkyl halides is 3. The fourth-order valence-electron chi connectivity index (χ4n) is 2.53. The first-order valence-corrected chi connectivity index (χ1v) is 8.60. The van der Waals surface area contributed by atoms with Gasteiger partial charge in [0, 0.05) is 18.3 Å². The van der Waals surface area contributed by atoms with Crippen LogP contribution in [0.4, 0.5) is 17.6 Å². The number of hydrogen-bond donors (Lipinski definition) is 1. The largest absolute Gasteiger partial charge is 0.472 e. The lowest BCUT2D eigenvalue weighted by atomic mass is 10.1. The second kappa shape index (κ2) is 8.72. The van der Waals surface area contributed by atoms with Crippen LogP contribution in [0.25, 0.3) is 0 Å². The lowest BCUT2D eigenvalue weighted by Gasteiger charge is -2.12. The van der Waals surface area contributed by atoms with Crippen molar-refractivity contribution >= 4 is 5.91 Å². The van der Waals surface area contributed by atoms with E-state index < -0.39 is 23.5 Å². The van der Waals surface area contributed by atoms with Gasteiger partial charge in [0.25, 0.3) is 5.91 Å². The molecule has 0 spiro atoms. The van der Waals surface area contributed by atoms with E-state index >= 15 is 0 Å². The molecule has 4 nitrogen and oxygen atoms in total. The van der Waals surface area contributed by atoms with E-state index in [1.54, 1.807) is 24.3 Å². The Morgan fingerprint density at radius 2 is 1.72 bits per heavy atom. The van der Waals surface area contributed by atoms with Gasteiger partial charge in [0.2, 0.25) is 5.88 Å². The maximum absolute atomic E-state index is 13.7. The Morgan fingerprint density at radius 1 is 1.00 bits per heavy atom. The third-order valence-electron chi connectivity index (χ3n) is 4.07. The molecule has 29 heavy (non-hydrogen) atoms. The van der Waals surface area contributed by atoms with Crippen molar-refractivity contribution in [1.29, 1.82) is 0 Å². The monoisotopic (exact) mass is 404 g/mol. The number of pyridine rings is 1. The number of carbonyl (C=O) groups excluding carboxylic acids is 1. The third kappa shape index (κ3) is 5.31. The number of nitrogens with one attached hydrogen (secondary N) is 1. The van der Waals surface area contributed by atoms with Gasteiger partial charge in [-0.15, -0.1) is 0 Å². The molecule has 150 valence electrons. The lowest BCUT2D eigenvalue weighted by Crippen LogP contribution is -2.24. The highest BCUT2D eigenvalue weighted by atomic mass is 19.4. The second-order valence-corrected chi connectivity index (χ2v) is 6.11. The van der Waals surface area contributed by atoms with Gasteiger partial charge in [-0.3, -0.25) is 4.79 Å². The van der Waals surface area contributed by atoms with Crippen LogP contribution < -0.4 is 10.1 Å². The topological polar surface area (TPSA) is 51.2 Å². The maximum atomic E-state index is 13.7. The van der Waals surface area contributed by atoms with Crippen molar-refractivity contribution in [3.8, 4) is 5.88 Å². The van der Waals surface area contributed by atoms with E-state index in [0.29, 0.717) is 11.1 Å². The van der Waals surface area contributed by atoms with Gasteiger partial charge in [-0.25, -0.2) is 9.37 Å². The number of aromatic nitrogens is 1. The molecule has 0 aliphatic heterocycles. The summed E-state index contributed by atoms with van der Waals surface area (Å²) in [4.78, 5) is 16.5. The molecule has 0 saturated heterocycles. The molecule has 3 rings (SSSR count). The molecule has 0 atom stereocenters. The summed E-state index contributed by atoms with van der Waals surface area (Å²) in [7, 11) is 0. The molecule has 0 aliphatic carbocycles. The Bertz CT molecular complexity index is 988. The van der Waals surface area contributed by atoms with Crippen molar-refractivity contribution in [3.05, 3.63) is 94.9 Å². The average Bonchev–Trinajstić information content (AvgIpc) is 2.71. The fraction of sp³-hybridized carbons (Fsp3) is 0.143. The minimum Gasteiger partial charge on any atom is -0.472 e. The Morgan fingerprint density at radius 3 is 2.41 bits per heavy atom. The summed E-state index contributed by atoms with van der Waals surface area (Å²) >= 11 is 0. The normalized spacial score (nSPS) is 11.2. The van der Waals surface area contributed by atoms with Crippen molar-refractivity contribution in [2.75, 3.05) is 0 Å². The van der Waals surface area contributed by atoms with E-state index in [9.17, 15) is 22.4 Å². The Kier molecular flexibility index (Phi) is 6.11. The molecule has 0 aliphatic rings. The molecule has 0 fully saturated rings. The number of amides is 1. The quantitative estimate of drug-likeness (QED) is 0.604. The van der Waals surface area contributed by atoms with Crippen LogP contribution in [0.3, 0.4) is 0 Å². The average molecular weight is 404 g/mol. The van der Waals surface area contributed by atoms with E-state index in [2.05, 4.69) is 10.3 Å². The van der Waals surface area contributed by atoms with Crippen molar-refractivity contribution in [2.24, 2.45) is 0 Å². The van der Waals surface area contributed by atoms with E-state index in [1.165, 1.54) is 30.5 Å². The number of halogens is 4. The minimum absolute atomic E-state index is 0.0264. The summed E-state index contributed by atoms with van der Waals surface area (Å²) < 4.78 is 57.0. The number of benzene rings is 2. The van der Waals surface area contributed by atoms with Gasteiger partial charge in [0.1, 0.15) is 18.0 Å². The highest BCUT2D eigenvalue weighted by Gasteiger charge is 2.29. The molecular formula is C21H16F4N2O2. The lowest BCUT2D eigenvalue weighted by molar-refractivity contribution is -0.137. The van der Waals surface area contributed by atoms with E-state index in [0.717, 1.165) is 12.1 Å². The number of carbonyl (C=O) groups is 1. The zero-order chi connectivity index (χ0) is 20.9. The van der Waals surface area contributed by atoms with Crippen molar-refractivity contribution in [2.45, 2.75) is 19.3 Å². The predicted octanol–water partition coefficient (Wildman–Crippen LogP) is 4.75. The smallest absolute Gasteiger partial charge is 0.416 e. The van der Waals surface area contributed by atoms with Crippen LogP contribution in [0.1, 0.15) is 27.0 Å². The van der Waals surface area contributed by atoms with Crippen molar-refractivity contribution in [1.82, 2.24) is 10.3 Å². The summed E-state index contributed by atoms with van der Waals surface area (Å²) in [6, 6.07) is 13.6. The zero-order valence-electron chi connectivity index (χ0n) is 15.0. The zero-order valence-corrected chi connectivity index (χ0v) is 15.0. The van der Waals surface area contributed by atoms with Gasteiger partial charge in [-0.1, -0.05) is 30.3 Å². The van der Waals surface area contributed by atoms with Gasteiger partial charge >= 0.3 is 6.18 Å². The summed E-state index contributed by atoms with van der Waals surface area (Å²) in [5.74, 6) is -0.918. The molecule has 0 bridgehead atoms. The van der Waals surface area contributed by atoms with E-state index in [-0.39, 0.29) is 24.6 Å². The Balaban J connectivity index is 1.64. The molecule has 3 aromatic rings. The van der Waals surface area contributed by atoms with Gasteiger partial charge < -0.3 is 10.1 Å². The van der Waals surface area contributed by atoms with Crippen LogP contribution in [0.2, 0.25) is 0 Å². The fourth-order valence-corrected chi connectivity index (χ4v) is 2.53. The SMILES string of the molecule is O=C(NCc1ccc(C(F)(F)F)cc1)c1cccnc1OCc1ccccc1F.